The summed E-state index contributed by atoms with van der Waals surface area (Å²) in [6.07, 6.45) is 0.572. The molecule has 6 heteroatoms. The molecular weight excluding hydrogens is 287 g/mol. The van der Waals surface area contributed by atoms with E-state index in [9.17, 15) is 14.0 Å². The van der Waals surface area contributed by atoms with Crippen molar-refractivity contribution < 1.29 is 19.1 Å². The zero-order valence-corrected chi connectivity index (χ0v) is 11.7. The summed E-state index contributed by atoms with van der Waals surface area (Å²) >= 11 is 0. The molecule has 0 heterocycles. The normalized spacial score (nSPS) is 10.0. The number of hydrogen-bond acceptors (Lipinski definition) is 2. The number of halogens is 1. The minimum atomic E-state index is -1.06. The zero-order valence-electron chi connectivity index (χ0n) is 11.7. The molecule has 5 nitrogen and oxygen atoms in total. The monoisotopic (exact) mass is 302 g/mol. The highest BCUT2D eigenvalue weighted by atomic mass is 19.1. The molecule has 2 aromatic rings. The number of rotatable bonds is 5. The van der Waals surface area contributed by atoms with E-state index >= 15 is 0 Å². The zero-order chi connectivity index (χ0) is 15.9. The largest absolute Gasteiger partial charge is 0.478 e. The summed E-state index contributed by atoms with van der Waals surface area (Å²) in [4.78, 5) is 22.5. The maximum Gasteiger partial charge on any atom is 0.335 e. The number of urea groups is 1. The Kier molecular flexibility index (Phi) is 5.08. The van der Waals surface area contributed by atoms with Gasteiger partial charge in [-0.15, -0.1) is 0 Å². The van der Waals surface area contributed by atoms with Gasteiger partial charge in [-0.25, -0.2) is 14.0 Å². The molecule has 0 atom stereocenters. The Balaban J connectivity index is 1.81. The van der Waals surface area contributed by atoms with Crippen LogP contribution in [-0.2, 0) is 6.42 Å². The highest BCUT2D eigenvalue weighted by molar-refractivity contribution is 5.93. The van der Waals surface area contributed by atoms with Crippen LogP contribution in [0.25, 0.3) is 0 Å². The van der Waals surface area contributed by atoms with E-state index in [0.29, 0.717) is 18.7 Å². The first-order valence-electron chi connectivity index (χ1n) is 6.67. The molecule has 0 aromatic heterocycles. The molecule has 0 saturated heterocycles. The standard InChI is InChI=1S/C16H15FN2O3/c17-13-6-4-11(5-7-13)8-9-18-16(22)19-14-3-1-2-12(10-14)15(20)21/h1-7,10H,8-9H2,(H,20,21)(H2,18,19,22). The van der Waals surface area contributed by atoms with Crippen molar-refractivity contribution in [2.24, 2.45) is 0 Å². The van der Waals surface area contributed by atoms with E-state index in [1.54, 1.807) is 24.3 Å². The van der Waals surface area contributed by atoms with Crippen LogP contribution in [0.5, 0.6) is 0 Å². The molecule has 2 aromatic carbocycles. The van der Waals surface area contributed by atoms with Crippen molar-refractivity contribution in [1.29, 1.82) is 0 Å². The summed E-state index contributed by atoms with van der Waals surface area (Å²) in [5, 5.41) is 14.1. The number of carbonyl (C=O) groups is 2. The van der Waals surface area contributed by atoms with Crippen molar-refractivity contribution in [3.8, 4) is 0 Å². The minimum Gasteiger partial charge on any atom is -0.478 e. The third-order valence-electron chi connectivity index (χ3n) is 2.98. The molecule has 0 spiro atoms. The summed E-state index contributed by atoms with van der Waals surface area (Å²) in [5.41, 5.74) is 1.41. The minimum absolute atomic E-state index is 0.101. The SMILES string of the molecule is O=C(NCCc1ccc(F)cc1)Nc1cccc(C(=O)O)c1. The van der Waals surface area contributed by atoms with Gasteiger partial charge in [0.1, 0.15) is 5.82 Å². The first-order valence-corrected chi connectivity index (χ1v) is 6.67. The van der Waals surface area contributed by atoms with Crippen LogP contribution in [0.3, 0.4) is 0 Å². The van der Waals surface area contributed by atoms with E-state index in [-0.39, 0.29) is 11.4 Å². The van der Waals surface area contributed by atoms with Crippen molar-refractivity contribution in [3.05, 3.63) is 65.5 Å². The summed E-state index contributed by atoms with van der Waals surface area (Å²) < 4.78 is 12.7. The van der Waals surface area contributed by atoms with Crippen LogP contribution in [-0.4, -0.2) is 23.7 Å². The van der Waals surface area contributed by atoms with Crippen molar-refractivity contribution in [2.45, 2.75) is 6.42 Å². The van der Waals surface area contributed by atoms with E-state index < -0.39 is 12.0 Å². The second kappa shape index (κ2) is 7.21. The Bertz CT molecular complexity index is 671. The number of benzene rings is 2. The van der Waals surface area contributed by atoms with Gasteiger partial charge in [-0.2, -0.15) is 0 Å². The fraction of sp³-hybridized carbons (Fsp3) is 0.125. The average molecular weight is 302 g/mol. The molecule has 0 fully saturated rings. The molecule has 2 rings (SSSR count). The second-order valence-corrected chi connectivity index (χ2v) is 4.64. The third-order valence-corrected chi connectivity index (χ3v) is 2.98. The van der Waals surface area contributed by atoms with Gasteiger partial charge < -0.3 is 15.7 Å². The molecule has 0 aliphatic heterocycles. The molecule has 0 radical (unpaired) electrons. The molecule has 0 bridgehead atoms. The van der Waals surface area contributed by atoms with E-state index in [1.807, 2.05) is 0 Å². The molecule has 0 aliphatic rings. The number of amides is 2. The van der Waals surface area contributed by atoms with Gasteiger partial charge in [0.05, 0.1) is 5.56 Å². The number of hydrogen-bond donors (Lipinski definition) is 3. The Morgan fingerprint density at radius 3 is 2.50 bits per heavy atom. The molecule has 114 valence electrons. The van der Waals surface area contributed by atoms with Gasteiger partial charge in [-0.05, 0) is 42.3 Å². The molecule has 22 heavy (non-hydrogen) atoms. The lowest BCUT2D eigenvalue weighted by molar-refractivity contribution is 0.0697. The van der Waals surface area contributed by atoms with E-state index in [1.165, 1.54) is 24.3 Å². The smallest absolute Gasteiger partial charge is 0.335 e. The Labute approximate surface area is 126 Å². The van der Waals surface area contributed by atoms with Crippen molar-refractivity contribution in [2.75, 3.05) is 11.9 Å². The fourth-order valence-corrected chi connectivity index (χ4v) is 1.88. The topological polar surface area (TPSA) is 78.4 Å². The van der Waals surface area contributed by atoms with Gasteiger partial charge >= 0.3 is 12.0 Å². The fourth-order valence-electron chi connectivity index (χ4n) is 1.88. The number of nitrogens with one attached hydrogen (secondary N) is 2. The predicted molar refractivity (Wildman–Crippen MR) is 80.5 cm³/mol. The van der Waals surface area contributed by atoms with Crippen LogP contribution in [0.4, 0.5) is 14.9 Å². The Morgan fingerprint density at radius 1 is 1.09 bits per heavy atom. The van der Waals surface area contributed by atoms with Crippen LogP contribution in [0.1, 0.15) is 15.9 Å². The summed E-state index contributed by atoms with van der Waals surface area (Å²) in [6.45, 7) is 0.385. The molecule has 3 N–H and O–H groups in total. The van der Waals surface area contributed by atoms with Gasteiger partial charge in [-0.3, -0.25) is 0 Å². The van der Waals surface area contributed by atoms with Crippen LogP contribution in [0.2, 0.25) is 0 Å². The molecule has 0 unspecified atom stereocenters. The van der Waals surface area contributed by atoms with Gasteiger partial charge in [-0.1, -0.05) is 18.2 Å². The highest BCUT2D eigenvalue weighted by Crippen LogP contribution is 2.10. The number of carbonyl (C=O) groups excluding carboxylic acids is 1. The summed E-state index contributed by atoms with van der Waals surface area (Å²) in [5.74, 6) is -1.35. The predicted octanol–water partition coefficient (Wildman–Crippen LogP) is 2.89. The van der Waals surface area contributed by atoms with Gasteiger partial charge in [0.25, 0.3) is 0 Å². The molecule has 2 amide bonds. The van der Waals surface area contributed by atoms with Crippen LogP contribution in [0, 0.1) is 5.82 Å². The van der Waals surface area contributed by atoms with Crippen LogP contribution in [0.15, 0.2) is 48.5 Å². The van der Waals surface area contributed by atoms with Gasteiger partial charge in [0, 0.05) is 12.2 Å². The van der Waals surface area contributed by atoms with Gasteiger partial charge in [0.15, 0.2) is 0 Å². The Morgan fingerprint density at radius 2 is 1.82 bits per heavy atom. The quantitative estimate of drug-likeness (QED) is 0.794. The maximum atomic E-state index is 12.7. The average Bonchev–Trinajstić information content (AvgIpc) is 2.49. The number of aromatic carboxylic acids is 1. The first kappa shape index (κ1) is 15.5. The van der Waals surface area contributed by atoms with E-state index in [0.717, 1.165) is 5.56 Å². The van der Waals surface area contributed by atoms with Crippen LogP contribution < -0.4 is 10.6 Å². The molecule has 0 saturated carbocycles. The molecule has 0 aliphatic carbocycles. The van der Waals surface area contributed by atoms with Gasteiger partial charge in [0.2, 0.25) is 0 Å². The maximum absolute atomic E-state index is 12.7. The lowest BCUT2D eigenvalue weighted by atomic mass is 10.1. The van der Waals surface area contributed by atoms with Crippen molar-refractivity contribution >= 4 is 17.7 Å². The van der Waals surface area contributed by atoms with Crippen LogP contribution >= 0.6 is 0 Å². The molecular formula is C16H15FN2O3. The lowest BCUT2D eigenvalue weighted by Gasteiger charge is -2.08. The first-order chi connectivity index (χ1) is 10.5. The van der Waals surface area contributed by atoms with Crippen molar-refractivity contribution in [3.63, 3.8) is 0 Å². The van der Waals surface area contributed by atoms with E-state index in [4.69, 9.17) is 5.11 Å². The lowest BCUT2D eigenvalue weighted by Crippen LogP contribution is -2.30. The Hall–Kier alpha value is -2.89. The third kappa shape index (κ3) is 4.59. The second-order valence-electron chi connectivity index (χ2n) is 4.64. The number of anilines is 1. The van der Waals surface area contributed by atoms with E-state index in [2.05, 4.69) is 10.6 Å². The highest BCUT2D eigenvalue weighted by Gasteiger charge is 2.05. The summed E-state index contributed by atoms with van der Waals surface area (Å²) in [6, 6.07) is 11.6. The van der Waals surface area contributed by atoms with Crippen molar-refractivity contribution in [1.82, 2.24) is 5.32 Å². The summed E-state index contributed by atoms with van der Waals surface area (Å²) in [7, 11) is 0. The number of carboxylic acid groups (broad SMARTS) is 1. The number of carboxylic acids is 1.